The number of primary amides is 1. The van der Waals surface area contributed by atoms with Crippen molar-refractivity contribution < 1.29 is 37.0 Å². The highest BCUT2D eigenvalue weighted by Crippen LogP contribution is 2.17. The lowest BCUT2D eigenvalue weighted by atomic mass is 9.89. The van der Waals surface area contributed by atoms with E-state index in [0.29, 0.717) is 5.56 Å². The first kappa shape index (κ1) is 19.8. The average molecular weight is 608 g/mol. The maximum Gasteiger partial charge on any atom is 0.239 e. The van der Waals surface area contributed by atoms with Crippen molar-refractivity contribution in [1.82, 2.24) is 10.6 Å². The molecule has 12 nitrogen and oxygen atoms in total. The SMILES string of the molecule is [2H]c1c([2H])c([2H])c(C[C@H](CC(=O)[C@@H](CCCN=C(N)N)NC(=O)[C@@H](N)Cc2ccccc2)C(=O)N[C@H](C(N)=O)C([2H])([2H])C([2H])([2H])C([2H])([2H])C([2H])([2H])N)c([2H])c1[2H]. The van der Waals surface area contributed by atoms with E-state index in [2.05, 4.69) is 10.3 Å². The minimum absolute atomic E-state index is 0.00398. The Morgan fingerprint density at radius 2 is 1.56 bits per heavy atom. The van der Waals surface area contributed by atoms with E-state index in [-0.39, 0.29) is 31.8 Å². The smallest absolute Gasteiger partial charge is 0.239 e. The van der Waals surface area contributed by atoms with E-state index in [1.165, 1.54) is 0 Å². The van der Waals surface area contributed by atoms with Crippen LogP contribution in [0.4, 0.5) is 0 Å². The van der Waals surface area contributed by atoms with Crippen molar-refractivity contribution in [3.63, 3.8) is 0 Å². The van der Waals surface area contributed by atoms with Crippen molar-refractivity contribution in [3.8, 4) is 0 Å². The van der Waals surface area contributed by atoms with Gasteiger partial charge >= 0.3 is 0 Å². The van der Waals surface area contributed by atoms with Crippen LogP contribution in [0.2, 0.25) is 0 Å². The fraction of sp³-hybridized carbons (Fsp3) is 0.452. The molecule has 234 valence electrons. The topological polar surface area (TPSA) is 235 Å². The number of benzene rings is 2. The third kappa shape index (κ3) is 13.5. The summed E-state index contributed by atoms with van der Waals surface area (Å²) in [6.45, 7) is -3.54. The molecule has 0 heterocycles. The largest absolute Gasteiger partial charge is 0.370 e. The molecule has 0 aliphatic rings. The number of carbonyl (C=O) groups is 4. The number of aliphatic imine (C=N–C) groups is 1. The lowest BCUT2D eigenvalue weighted by molar-refractivity contribution is -0.133. The maximum atomic E-state index is 14.0. The van der Waals surface area contributed by atoms with Gasteiger partial charge in [0.25, 0.3) is 0 Å². The Bertz CT molecular complexity index is 1760. The number of rotatable bonds is 20. The van der Waals surface area contributed by atoms with E-state index in [9.17, 15) is 19.2 Å². The Labute approximate surface area is 271 Å². The fourth-order valence-electron chi connectivity index (χ4n) is 3.91. The molecule has 0 fully saturated rings. The van der Waals surface area contributed by atoms with Gasteiger partial charge in [0.2, 0.25) is 17.7 Å². The third-order valence-corrected chi connectivity index (χ3v) is 6.03. The number of nitrogens with one attached hydrogen (secondary N) is 2. The van der Waals surface area contributed by atoms with Crippen LogP contribution < -0.4 is 39.3 Å². The average Bonchev–Trinajstić information content (AvgIpc) is 3.10. The van der Waals surface area contributed by atoms with Crippen LogP contribution in [0, 0.1) is 5.92 Å². The second-order valence-corrected chi connectivity index (χ2v) is 9.36. The molecule has 4 atom stereocenters. The summed E-state index contributed by atoms with van der Waals surface area (Å²) in [5, 5.41) is 4.39. The van der Waals surface area contributed by atoms with E-state index in [0.717, 1.165) is 0 Å². The molecule has 2 rings (SSSR count). The van der Waals surface area contributed by atoms with Crippen LogP contribution in [0.3, 0.4) is 0 Å². The summed E-state index contributed by atoms with van der Waals surface area (Å²) in [6, 6.07) is -0.601. The zero-order valence-corrected chi connectivity index (χ0v) is 23.4. The monoisotopic (exact) mass is 607 g/mol. The molecule has 0 aliphatic carbocycles. The molecule has 2 aromatic rings. The number of hydrogen-bond donors (Lipinski definition) is 7. The molecular weight excluding hydrogens is 548 g/mol. The van der Waals surface area contributed by atoms with Gasteiger partial charge in [0.1, 0.15) is 6.04 Å². The second kappa shape index (κ2) is 19.0. The zero-order valence-electron chi connectivity index (χ0n) is 36.4. The molecule has 0 aromatic heterocycles. The fourth-order valence-corrected chi connectivity index (χ4v) is 3.91. The first-order valence-electron chi connectivity index (χ1n) is 19.7. The third-order valence-electron chi connectivity index (χ3n) is 6.03. The summed E-state index contributed by atoms with van der Waals surface area (Å²) in [5.41, 5.74) is 27.7. The molecule has 2 aromatic carbocycles. The molecule has 0 aliphatic heterocycles. The van der Waals surface area contributed by atoms with E-state index in [1.807, 2.05) is 5.32 Å². The molecule has 0 unspecified atom stereocenters. The quantitative estimate of drug-likeness (QED) is 0.0613. The minimum Gasteiger partial charge on any atom is -0.370 e. The lowest BCUT2D eigenvalue weighted by Gasteiger charge is -2.24. The Kier molecular flexibility index (Phi) is 8.76. The Morgan fingerprint density at radius 1 is 0.884 bits per heavy atom. The van der Waals surface area contributed by atoms with E-state index >= 15 is 0 Å². The van der Waals surface area contributed by atoms with Crippen LogP contribution in [0.5, 0.6) is 0 Å². The normalized spacial score (nSPS) is 19.3. The summed E-state index contributed by atoms with van der Waals surface area (Å²) < 4.78 is 105. The van der Waals surface area contributed by atoms with E-state index in [4.69, 9.17) is 46.5 Å². The standard InChI is InChI=1S/C31H46N8O4/c32-16-8-7-14-26(28(34)41)39-29(42)23(18-21-10-3-1-4-11-21)20-27(40)25(15-9-17-37-31(35)36)38-30(43)24(33)19-22-12-5-2-6-13-22/h1-6,10-13,23-26H,7-9,14-20,32-33H2,(H2,34,41)(H,38,43)(H,39,42)(H4,35,36,37)/t23-,24+,25-,26+/m1/s1/i1D,3D,4D,7D2,8D2,10D,11D,14D2,16D2. The van der Waals surface area contributed by atoms with Gasteiger partial charge in [-0.05, 0) is 62.4 Å². The van der Waals surface area contributed by atoms with E-state index < -0.39 is 122 Å². The second-order valence-electron chi connectivity index (χ2n) is 9.36. The van der Waals surface area contributed by atoms with Crippen LogP contribution in [-0.2, 0) is 32.0 Å². The van der Waals surface area contributed by atoms with Gasteiger partial charge in [-0.1, -0.05) is 60.5 Å². The van der Waals surface area contributed by atoms with Crippen LogP contribution in [-0.4, -0.2) is 60.6 Å². The maximum absolute atomic E-state index is 14.0. The van der Waals surface area contributed by atoms with Gasteiger partial charge < -0.3 is 39.3 Å². The van der Waals surface area contributed by atoms with Crippen molar-refractivity contribution in [2.24, 2.45) is 39.6 Å². The van der Waals surface area contributed by atoms with Gasteiger partial charge in [-0.25, -0.2) is 0 Å². The van der Waals surface area contributed by atoms with Crippen LogP contribution in [0.1, 0.15) is 67.3 Å². The Morgan fingerprint density at radius 3 is 2.19 bits per heavy atom. The molecule has 12 heteroatoms. The van der Waals surface area contributed by atoms with Crippen molar-refractivity contribution in [1.29, 1.82) is 0 Å². The number of hydrogen-bond acceptors (Lipinski definition) is 7. The number of ketones is 1. The predicted octanol–water partition coefficient (Wildman–Crippen LogP) is 0.0120. The van der Waals surface area contributed by atoms with Gasteiger partial charge in [-0.3, -0.25) is 24.2 Å². The molecule has 0 spiro atoms. The van der Waals surface area contributed by atoms with Gasteiger partial charge in [-0.15, -0.1) is 0 Å². The highest BCUT2D eigenvalue weighted by Gasteiger charge is 2.30. The summed E-state index contributed by atoms with van der Waals surface area (Å²) in [4.78, 5) is 57.7. The predicted molar refractivity (Wildman–Crippen MR) is 167 cm³/mol. The Hall–Kier alpha value is -4.29. The number of guanidine groups is 1. The van der Waals surface area contributed by atoms with Crippen LogP contribution in [0.15, 0.2) is 65.5 Å². The molecule has 0 bridgehead atoms. The molecule has 43 heavy (non-hydrogen) atoms. The van der Waals surface area contributed by atoms with Crippen molar-refractivity contribution in [2.75, 3.05) is 13.0 Å². The number of Topliss-reactive ketones (excluding diaryl/α,β-unsaturated/α-hetero) is 1. The zero-order chi connectivity index (χ0) is 43.1. The number of carbonyl (C=O) groups excluding carboxylic acids is 4. The van der Waals surface area contributed by atoms with E-state index in [1.54, 1.807) is 30.3 Å². The molecule has 0 radical (unpaired) electrons. The summed E-state index contributed by atoms with van der Waals surface area (Å²) >= 11 is 0. The van der Waals surface area contributed by atoms with Crippen molar-refractivity contribution in [2.45, 2.75) is 69.3 Å². The molecular formula is C31H46N8O4. The highest BCUT2D eigenvalue weighted by atomic mass is 16.2. The number of nitrogens with zero attached hydrogens (tertiary/aromatic N) is 1. The summed E-state index contributed by atoms with van der Waals surface area (Å²) in [7, 11) is 0. The first-order chi connectivity index (χ1) is 25.6. The number of amides is 3. The minimum atomic E-state index is -3.98. The molecule has 0 saturated carbocycles. The van der Waals surface area contributed by atoms with Crippen LogP contribution in [0.25, 0.3) is 0 Å². The molecule has 12 N–H and O–H groups in total. The van der Waals surface area contributed by atoms with Gasteiger partial charge in [-0.2, -0.15) is 0 Å². The Balaban J connectivity index is 2.64. The van der Waals surface area contributed by atoms with Crippen molar-refractivity contribution >= 4 is 29.5 Å². The van der Waals surface area contributed by atoms with Gasteiger partial charge in [0.05, 0.1) is 18.9 Å². The number of nitrogens with two attached hydrogens (primary N) is 5. The van der Waals surface area contributed by atoms with Crippen molar-refractivity contribution in [3.05, 3.63) is 71.7 Å². The van der Waals surface area contributed by atoms with Gasteiger partial charge in [0.15, 0.2) is 11.7 Å². The first-order valence-corrected chi connectivity index (χ1v) is 13.2. The summed E-state index contributed by atoms with van der Waals surface area (Å²) in [5.74, 6) is -6.98. The van der Waals surface area contributed by atoms with Crippen LogP contribution >= 0.6 is 0 Å². The highest BCUT2D eigenvalue weighted by molar-refractivity contribution is 5.94. The van der Waals surface area contributed by atoms with Gasteiger partial charge in [0, 0.05) is 29.8 Å². The molecule has 0 saturated heterocycles. The summed E-state index contributed by atoms with van der Waals surface area (Å²) in [6.07, 6.45) is -13.4. The lowest BCUT2D eigenvalue weighted by Crippen LogP contribution is -2.51. The molecule has 3 amide bonds.